The zero-order chi connectivity index (χ0) is 8.39. The zero-order valence-corrected chi connectivity index (χ0v) is 8.47. The summed E-state index contributed by atoms with van der Waals surface area (Å²) in [5, 5.41) is 10.8. The van der Waals surface area contributed by atoms with Crippen molar-refractivity contribution >= 4 is 18.1 Å². The van der Waals surface area contributed by atoms with Gasteiger partial charge in [0.1, 0.15) is 0 Å². The third-order valence-corrected chi connectivity index (χ3v) is 2.14. The van der Waals surface area contributed by atoms with Crippen LogP contribution in [0.2, 0.25) is 0 Å². The summed E-state index contributed by atoms with van der Waals surface area (Å²) in [6.07, 6.45) is 5.06. The van der Waals surface area contributed by atoms with Crippen molar-refractivity contribution in [3.8, 4) is 0 Å². The van der Waals surface area contributed by atoms with Crippen LogP contribution in [0.25, 0.3) is 0 Å². The Morgan fingerprint density at radius 3 is 3.08 bits per heavy atom. The number of aromatic nitrogens is 2. The molecule has 0 aromatic carbocycles. The van der Waals surface area contributed by atoms with Crippen molar-refractivity contribution in [2.45, 2.75) is 12.5 Å². The Morgan fingerprint density at radius 2 is 2.54 bits per heavy atom. The average molecular weight is 203 g/mol. The fraction of sp³-hybridized carbons (Fsp3) is 0.625. The van der Waals surface area contributed by atoms with Crippen LogP contribution in [-0.2, 0) is 7.05 Å². The highest BCUT2D eigenvalue weighted by molar-refractivity contribution is 5.85. The first-order valence-electron chi connectivity index (χ1n) is 4.30. The van der Waals surface area contributed by atoms with Gasteiger partial charge >= 0.3 is 0 Å². The van der Waals surface area contributed by atoms with Gasteiger partial charge in [0, 0.05) is 25.8 Å². The van der Waals surface area contributed by atoms with Crippen molar-refractivity contribution in [2.75, 3.05) is 18.4 Å². The van der Waals surface area contributed by atoms with Gasteiger partial charge in [-0.05, 0) is 13.0 Å². The molecule has 0 spiro atoms. The van der Waals surface area contributed by atoms with Gasteiger partial charge in [-0.1, -0.05) is 0 Å². The largest absolute Gasteiger partial charge is 0.378 e. The number of rotatable bonds is 2. The second-order valence-corrected chi connectivity index (χ2v) is 3.24. The maximum absolute atomic E-state index is 4.09. The molecule has 0 saturated carbocycles. The van der Waals surface area contributed by atoms with Crippen LogP contribution in [0.3, 0.4) is 0 Å². The highest BCUT2D eigenvalue weighted by Crippen LogP contribution is 2.09. The molecule has 1 aliphatic heterocycles. The molecule has 1 unspecified atom stereocenters. The van der Waals surface area contributed by atoms with Gasteiger partial charge in [0.25, 0.3) is 0 Å². The third kappa shape index (κ3) is 2.60. The van der Waals surface area contributed by atoms with E-state index in [-0.39, 0.29) is 12.4 Å². The Bertz CT molecular complexity index is 254. The first-order valence-corrected chi connectivity index (χ1v) is 4.30. The van der Waals surface area contributed by atoms with E-state index in [0.717, 1.165) is 18.8 Å². The molecule has 0 aliphatic carbocycles. The van der Waals surface area contributed by atoms with Crippen LogP contribution in [0.5, 0.6) is 0 Å². The quantitative estimate of drug-likeness (QED) is 0.739. The maximum Gasteiger partial charge on any atom is 0.0728 e. The molecule has 0 bridgehead atoms. The normalized spacial score (nSPS) is 21.2. The summed E-state index contributed by atoms with van der Waals surface area (Å²) < 4.78 is 1.81. The molecule has 2 rings (SSSR count). The molecule has 1 atom stereocenters. The Morgan fingerprint density at radius 1 is 1.69 bits per heavy atom. The Balaban J connectivity index is 0.000000845. The summed E-state index contributed by atoms with van der Waals surface area (Å²) in [6, 6.07) is 0.578. The van der Waals surface area contributed by atoms with Crippen molar-refractivity contribution in [1.29, 1.82) is 0 Å². The van der Waals surface area contributed by atoms with Crippen molar-refractivity contribution in [2.24, 2.45) is 7.05 Å². The monoisotopic (exact) mass is 202 g/mol. The molecular weight excluding hydrogens is 188 g/mol. The SMILES string of the molecule is Cl.Cn1cc(NC2CCNC2)cn1. The molecular formula is C8H15ClN4. The van der Waals surface area contributed by atoms with Crippen LogP contribution in [0, 0.1) is 0 Å². The van der Waals surface area contributed by atoms with E-state index in [0.29, 0.717) is 6.04 Å². The Kier molecular flexibility index (Phi) is 3.57. The number of hydrogen-bond donors (Lipinski definition) is 2. The molecule has 0 radical (unpaired) electrons. The minimum atomic E-state index is 0. The second kappa shape index (κ2) is 4.48. The van der Waals surface area contributed by atoms with Gasteiger partial charge in [-0.25, -0.2) is 0 Å². The predicted octanol–water partition coefficient (Wildman–Crippen LogP) is 0.616. The summed E-state index contributed by atoms with van der Waals surface area (Å²) in [6.45, 7) is 2.19. The standard InChI is InChI=1S/C8H14N4.ClH/c1-12-6-8(5-10-12)11-7-2-3-9-4-7;/h5-7,9,11H,2-4H2,1H3;1H. The lowest BCUT2D eigenvalue weighted by molar-refractivity contribution is 0.766. The van der Waals surface area contributed by atoms with Crippen LogP contribution in [0.15, 0.2) is 12.4 Å². The van der Waals surface area contributed by atoms with Crippen molar-refractivity contribution in [3.63, 3.8) is 0 Å². The molecule has 2 heterocycles. The molecule has 1 aliphatic rings. The van der Waals surface area contributed by atoms with E-state index in [9.17, 15) is 0 Å². The fourth-order valence-corrected chi connectivity index (χ4v) is 1.51. The molecule has 1 aromatic rings. The summed E-state index contributed by atoms with van der Waals surface area (Å²) in [7, 11) is 1.93. The summed E-state index contributed by atoms with van der Waals surface area (Å²) in [4.78, 5) is 0. The topological polar surface area (TPSA) is 41.9 Å². The number of anilines is 1. The fourth-order valence-electron chi connectivity index (χ4n) is 1.51. The number of hydrogen-bond acceptors (Lipinski definition) is 3. The number of nitrogens with one attached hydrogen (secondary N) is 2. The summed E-state index contributed by atoms with van der Waals surface area (Å²) in [5.74, 6) is 0. The minimum Gasteiger partial charge on any atom is -0.378 e. The third-order valence-electron chi connectivity index (χ3n) is 2.14. The van der Waals surface area contributed by atoms with Crippen LogP contribution in [0.1, 0.15) is 6.42 Å². The lowest BCUT2D eigenvalue weighted by atomic mass is 10.2. The van der Waals surface area contributed by atoms with Gasteiger partial charge in [0.2, 0.25) is 0 Å². The second-order valence-electron chi connectivity index (χ2n) is 3.24. The average Bonchev–Trinajstić information content (AvgIpc) is 2.63. The Hall–Kier alpha value is -0.740. The van der Waals surface area contributed by atoms with Crippen LogP contribution >= 0.6 is 12.4 Å². The lowest BCUT2D eigenvalue weighted by Crippen LogP contribution is -2.21. The molecule has 1 saturated heterocycles. The Labute approximate surface area is 84.1 Å². The highest BCUT2D eigenvalue weighted by atomic mass is 35.5. The lowest BCUT2D eigenvalue weighted by Gasteiger charge is -2.09. The van der Waals surface area contributed by atoms with E-state index < -0.39 is 0 Å². The van der Waals surface area contributed by atoms with E-state index in [1.54, 1.807) is 0 Å². The van der Waals surface area contributed by atoms with Crippen molar-refractivity contribution in [3.05, 3.63) is 12.4 Å². The predicted molar refractivity (Wildman–Crippen MR) is 55.4 cm³/mol. The first kappa shape index (κ1) is 10.3. The van der Waals surface area contributed by atoms with Gasteiger partial charge in [0.05, 0.1) is 11.9 Å². The summed E-state index contributed by atoms with van der Waals surface area (Å²) >= 11 is 0. The van der Waals surface area contributed by atoms with Gasteiger partial charge < -0.3 is 10.6 Å². The van der Waals surface area contributed by atoms with E-state index >= 15 is 0 Å². The van der Waals surface area contributed by atoms with E-state index in [2.05, 4.69) is 15.7 Å². The number of aryl methyl sites for hydroxylation is 1. The van der Waals surface area contributed by atoms with Gasteiger partial charge in [0.15, 0.2) is 0 Å². The van der Waals surface area contributed by atoms with Crippen LogP contribution < -0.4 is 10.6 Å². The molecule has 13 heavy (non-hydrogen) atoms. The molecule has 5 heteroatoms. The molecule has 2 N–H and O–H groups in total. The molecule has 74 valence electrons. The van der Waals surface area contributed by atoms with Crippen molar-refractivity contribution in [1.82, 2.24) is 15.1 Å². The first-order chi connectivity index (χ1) is 5.84. The van der Waals surface area contributed by atoms with Crippen LogP contribution in [-0.4, -0.2) is 28.9 Å². The highest BCUT2D eigenvalue weighted by Gasteiger charge is 2.13. The van der Waals surface area contributed by atoms with Gasteiger partial charge in [-0.3, -0.25) is 4.68 Å². The van der Waals surface area contributed by atoms with Crippen molar-refractivity contribution < 1.29 is 0 Å². The van der Waals surface area contributed by atoms with E-state index in [4.69, 9.17) is 0 Å². The van der Waals surface area contributed by atoms with Crippen LogP contribution in [0.4, 0.5) is 5.69 Å². The van der Waals surface area contributed by atoms with Gasteiger partial charge in [-0.2, -0.15) is 5.10 Å². The molecule has 1 aromatic heterocycles. The molecule has 4 nitrogen and oxygen atoms in total. The molecule has 1 fully saturated rings. The maximum atomic E-state index is 4.09. The smallest absolute Gasteiger partial charge is 0.0728 e. The number of halogens is 1. The minimum absolute atomic E-state index is 0. The molecule has 0 amide bonds. The van der Waals surface area contributed by atoms with E-state index in [1.165, 1.54) is 6.42 Å². The zero-order valence-electron chi connectivity index (χ0n) is 7.66. The summed E-state index contributed by atoms with van der Waals surface area (Å²) in [5.41, 5.74) is 1.12. The van der Waals surface area contributed by atoms with Gasteiger partial charge in [-0.15, -0.1) is 12.4 Å². The number of nitrogens with zero attached hydrogens (tertiary/aromatic N) is 2. The van der Waals surface area contributed by atoms with E-state index in [1.807, 2.05) is 24.1 Å².